The van der Waals surface area contributed by atoms with Crippen molar-refractivity contribution in [1.29, 1.82) is 0 Å². The summed E-state index contributed by atoms with van der Waals surface area (Å²) in [6, 6.07) is 4.40. The lowest BCUT2D eigenvalue weighted by atomic mass is 10.0. The number of imidazole rings is 1. The molecule has 2 aromatic rings. The summed E-state index contributed by atoms with van der Waals surface area (Å²) in [7, 11) is 0. The van der Waals surface area contributed by atoms with Gasteiger partial charge in [0.05, 0.1) is 11.2 Å². The number of hydrogen-bond donors (Lipinski definition) is 1. The van der Waals surface area contributed by atoms with Crippen molar-refractivity contribution in [3.63, 3.8) is 0 Å². The molecule has 0 bridgehead atoms. The average Bonchev–Trinajstić information content (AvgIpc) is 2.56. The summed E-state index contributed by atoms with van der Waals surface area (Å²) in [5.41, 5.74) is 9.28. The van der Waals surface area contributed by atoms with E-state index >= 15 is 0 Å². The van der Waals surface area contributed by atoms with Crippen LogP contribution in [-0.4, -0.2) is 15.9 Å². The van der Waals surface area contributed by atoms with E-state index in [-0.39, 0.29) is 0 Å². The molecule has 2 rings (SSSR count). The highest BCUT2D eigenvalue weighted by Gasteiger charge is 2.09. The van der Waals surface area contributed by atoms with E-state index < -0.39 is 0 Å². The van der Waals surface area contributed by atoms with Crippen LogP contribution in [0, 0.1) is 6.92 Å². The van der Waals surface area contributed by atoms with Gasteiger partial charge in [-0.15, -0.1) is 0 Å². The Morgan fingerprint density at radius 1 is 1.44 bits per heavy atom. The summed E-state index contributed by atoms with van der Waals surface area (Å²) in [6.07, 6.45) is 2.95. The van der Waals surface area contributed by atoms with Crippen molar-refractivity contribution in [1.82, 2.24) is 9.38 Å². The van der Waals surface area contributed by atoms with E-state index in [1.54, 1.807) is 0 Å². The third kappa shape index (κ3) is 1.83. The number of nitrogens with zero attached hydrogens (tertiary/aromatic N) is 2. The summed E-state index contributed by atoms with van der Waals surface area (Å²) >= 11 is 0. The molecule has 0 fully saturated rings. The summed E-state index contributed by atoms with van der Waals surface area (Å²) in [6.45, 7) is 7.09. The zero-order valence-electron chi connectivity index (χ0n) is 10.2. The van der Waals surface area contributed by atoms with Crippen LogP contribution in [-0.2, 0) is 6.42 Å². The summed E-state index contributed by atoms with van der Waals surface area (Å²) < 4.78 is 2.14. The van der Waals surface area contributed by atoms with Crippen molar-refractivity contribution < 1.29 is 0 Å². The highest BCUT2D eigenvalue weighted by atomic mass is 15.0. The number of rotatable bonds is 3. The third-order valence-corrected chi connectivity index (χ3v) is 2.97. The van der Waals surface area contributed by atoms with E-state index in [4.69, 9.17) is 5.73 Å². The van der Waals surface area contributed by atoms with E-state index in [1.807, 2.05) is 6.92 Å². The molecular weight excluding hydrogens is 198 g/mol. The van der Waals surface area contributed by atoms with Crippen LogP contribution >= 0.6 is 0 Å². The molecule has 16 heavy (non-hydrogen) atoms. The molecule has 2 N–H and O–H groups in total. The van der Waals surface area contributed by atoms with Crippen LogP contribution in [0.4, 0.5) is 0 Å². The molecule has 2 heterocycles. The highest BCUT2D eigenvalue weighted by Crippen LogP contribution is 2.20. The van der Waals surface area contributed by atoms with Crippen LogP contribution in [0.1, 0.15) is 36.8 Å². The van der Waals surface area contributed by atoms with Crippen LogP contribution in [0.2, 0.25) is 0 Å². The smallest absolute Gasteiger partial charge is 0.110 e. The molecule has 0 aromatic carbocycles. The Balaban J connectivity index is 2.60. The molecule has 0 saturated heterocycles. The van der Waals surface area contributed by atoms with Crippen LogP contribution in [0.3, 0.4) is 0 Å². The van der Waals surface area contributed by atoms with Gasteiger partial charge in [-0.1, -0.05) is 13.8 Å². The van der Waals surface area contributed by atoms with Crippen LogP contribution in [0.25, 0.3) is 5.52 Å². The van der Waals surface area contributed by atoms with E-state index in [1.165, 1.54) is 11.1 Å². The number of pyridine rings is 1. The van der Waals surface area contributed by atoms with Gasteiger partial charge in [0, 0.05) is 12.6 Å². The lowest BCUT2D eigenvalue weighted by Gasteiger charge is -2.06. The fraction of sp³-hybridized carbons (Fsp3) is 0.462. The maximum atomic E-state index is 5.61. The van der Waals surface area contributed by atoms with Crippen LogP contribution in [0.5, 0.6) is 0 Å². The number of aryl methyl sites for hydroxylation is 1. The van der Waals surface area contributed by atoms with Crippen molar-refractivity contribution in [2.45, 2.75) is 33.1 Å². The molecule has 2 aromatic heterocycles. The fourth-order valence-electron chi connectivity index (χ4n) is 2.01. The normalized spacial score (nSPS) is 11.6. The lowest BCUT2D eigenvalue weighted by molar-refractivity contribution is 0.861. The van der Waals surface area contributed by atoms with Gasteiger partial charge in [-0.05, 0) is 37.1 Å². The monoisotopic (exact) mass is 217 g/mol. The number of aromatic nitrogens is 2. The first-order valence-corrected chi connectivity index (χ1v) is 5.81. The molecule has 0 saturated carbocycles. The van der Waals surface area contributed by atoms with E-state index in [0.717, 1.165) is 17.9 Å². The quantitative estimate of drug-likeness (QED) is 0.857. The van der Waals surface area contributed by atoms with Gasteiger partial charge < -0.3 is 10.1 Å². The Morgan fingerprint density at radius 3 is 2.81 bits per heavy atom. The van der Waals surface area contributed by atoms with E-state index in [0.29, 0.717) is 12.5 Å². The van der Waals surface area contributed by atoms with Crippen LogP contribution in [0.15, 0.2) is 18.3 Å². The predicted molar refractivity (Wildman–Crippen MR) is 66.8 cm³/mol. The topological polar surface area (TPSA) is 43.3 Å². The second-order valence-electron chi connectivity index (χ2n) is 4.51. The summed E-state index contributed by atoms with van der Waals surface area (Å²) in [4.78, 5) is 4.56. The van der Waals surface area contributed by atoms with Crippen molar-refractivity contribution in [2.24, 2.45) is 5.73 Å². The second kappa shape index (κ2) is 4.26. The second-order valence-corrected chi connectivity index (χ2v) is 4.51. The first-order chi connectivity index (χ1) is 7.63. The maximum Gasteiger partial charge on any atom is 0.110 e. The molecule has 0 aliphatic carbocycles. The Hall–Kier alpha value is -1.35. The Morgan fingerprint density at radius 2 is 2.19 bits per heavy atom. The van der Waals surface area contributed by atoms with Gasteiger partial charge in [0.1, 0.15) is 5.82 Å². The molecule has 0 radical (unpaired) electrons. The van der Waals surface area contributed by atoms with Crippen molar-refractivity contribution in [3.8, 4) is 0 Å². The Labute approximate surface area is 96.3 Å². The SMILES string of the molecule is Cc1nc(CCN)c2cc(C(C)C)ccn12. The van der Waals surface area contributed by atoms with Gasteiger partial charge in [0.2, 0.25) is 0 Å². The Bertz CT molecular complexity index is 497. The molecule has 3 heteroatoms. The van der Waals surface area contributed by atoms with Crippen LogP contribution < -0.4 is 5.73 Å². The molecule has 0 aliphatic rings. The minimum Gasteiger partial charge on any atom is -0.330 e. The third-order valence-electron chi connectivity index (χ3n) is 2.97. The molecule has 3 nitrogen and oxygen atoms in total. The molecule has 0 amide bonds. The minimum atomic E-state index is 0.547. The summed E-state index contributed by atoms with van der Waals surface area (Å²) in [5, 5.41) is 0. The number of hydrogen-bond acceptors (Lipinski definition) is 2. The number of fused-ring (bicyclic) bond motifs is 1. The van der Waals surface area contributed by atoms with E-state index in [2.05, 4.69) is 41.6 Å². The molecular formula is C13H19N3. The maximum absolute atomic E-state index is 5.61. The van der Waals surface area contributed by atoms with Gasteiger partial charge in [-0.25, -0.2) is 4.98 Å². The van der Waals surface area contributed by atoms with Gasteiger partial charge >= 0.3 is 0 Å². The van der Waals surface area contributed by atoms with Gasteiger partial charge in [0.15, 0.2) is 0 Å². The summed E-state index contributed by atoms with van der Waals surface area (Å²) in [5.74, 6) is 1.58. The molecule has 86 valence electrons. The molecule has 0 unspecified atom stereocenters. The largest absolute Gasteiger partial charge is 0.330 e. The molecule has 0 spiro atoms. The van der Waals surface area contributed by atoms with Gasteiger partial charge in [-0.3, -0.25) is 0 Å². The predicted octanol–water partition coefficient (Wildman–Crippen LogP) is 2.27. The first-order valence-electron chi connectivity index (χ1n) is 5.81. The first kappa shape index (κ1) is 11.1. The lowest BCUT2D eigenvalue weighted by Crippen LogP contribution is -2.03. The van der Waals surface area contributed by atoms with Crippen molar-refractivity contribution >= 4 is 5.52 Å². The highest BCUT2D eigenvalue weighted by molar-refractivity contribution is 5.55. The molecule has 0 atom stereocenters. The number of nitrogens with two attached hydrogens (primary N) is 1. The van der Waals surface area contributed by atoms with Gasteiger partial charge in [-0.2, -0.15) is 0 Å². The van der Waals surface area contributed by atoms with E-state index in [9.17, 15) is 0 Å². The average molecular weight is 217 g/mol. The zero-order valence-corrected chi connectivity index (χ0v) is 10.2. The van der Waals surface area contributed by atoms with Crippen molar-refractivity contribution in [2.75, 3.05) is 6.54 Å². The molecule has 0 aliphatic heterocycles. The van der Waals surface area contributed by atoms with Gasteiger partial charge in [0.25, 0.3) is 0 Å². The Kier molecular flexibility index (Phi) is 2.97. The van der Waals surface area contributed by atoms with Crippen molar-refractivity contribution in [3.05, 3.63) is 35.4 Å². The fourth-order valence-corrected chi connectivity index (χ4v) is 2.01. The standard InChI is InChI=1S/C13H19N3/c1-9(2)11-5-7-16-10(3)15-12(4-6-14)13(16)8-11/h5,7-9H,4,6,14H2,1-3H3. The minimum absolute atomic E-state index is 0.547. The zero-order chi connectivity index (χ0) is 11.7.